The van der Waals surface area contributed by atoms with Crippen LogP contribution in [0.2, 0.25) is 0 Å². The maximum Gasteiger partial charge on any atom is 0.356 e. The van der Waals surface area contributed by atoms with Gasteiger partial charge in [0.05, 0.1) is 11.6 Å². The Morgan fingerprint density at radius 3 is 2.70 bits per heavy atom. The Bertz CT molecular complexity index is 1300. The maximum absolute atomic E-state index is 13.1. The molecular formula is C23H16O7. The van der Waals surface area contributed by atoms with E-state index in [4.69, 9.17) is 23.0 Å². The average Bonchev–Trinajstić information content (AvgIpc) is 3.29. The van der Waals surface area contributed by atoms with Crippen molar-refractivity contribution in [3.05, 3.63) is 76.6 Å². The van der Waals surface area contributed by atoms with Gasteiger partial charge in [-0.15, -0.1) is 0 Å². The van der Waals surface area contributed by atoms with Crippen molar-refractivity contribution in [2.24, 2.45) is 0 Å². The molecule has 0 saturated carbocycles. The first-order valence-corrected chi connectivity index (χ1v) is 9.31. The second-order valence-corrected chi connectivity index (χ2v) is 6.85. The molecule has 0 amide bonds. The highest BCUT2D eigenvalue weighted by Gasteiger charge is 2.31. The molecule has 5 rings (SSSR count). The number of benzene rings is 2. The predicted molar refractivity (Wildman–Crippen MR) is 107 cm³/mol. The quantitative estimate of drug-likeness (QED) is 0.475. The molecule has 7 heteroatoms. The minimum Gasteiger partial charge on any atom is -0.485 e. The molecule has 1 aliphatic rings. The fourth-order valence-corrected chi connectivity index (χ4v) is 3.25. The summed E-state index contributed by atoms with van der Waals surface area (Å²) < 4.78 is 28.0. The van der Waals surface area contributed by atoms with E-state index in [1.54, 1.807) is 54.6 Å². The first-order valence-electron chi connectivity index (χ1n) is 9.31. The fourth-order valence-electron chi connectivity index (χ4n) is 3.25. The van der Waals surface area contributed by atoms with Crippen LogP contribution in [0.1, 0.15) is 5.56 Å². The van der Waals surface area contributed by atoms with E-state index < -0.39 is 17.5 Å². The number of rotatable bonds is 3. The molecule has 1 atom stereocenters. The standard InChI is InChI=1S/C23H16O7/c1-13-8-9-14-18(11-13)29-21(17-7-4-10-26-17)22(20(14)24)30-23(25)19-12-27-15-5-2-3-6-16(15)28-19/h2-11,19H,12H2,1H3/t19-/m1/s1. The third kappa shape index (κ3) is 3.10. The van der Waals surface area contributed by atoms with Gasteiger partial charge < -0.3 is 23.0 Å². The van der Waals surface area contributed by atoms with E-state index in [0.717, 1.165) is 5.56 Å². The molecule has 0 fully saturated rings. The largest absolute Gasteiger partial charge is 0.485 e. The highest BCUT2D eigenvalue weighted by Crippen LogP contribution is 2.34. The number of ether oxygens (including phenoxy) is 3. The summed E-state index contributed by atoms with van der Waals surface area (Å²) in [7, 11) is 0. The number of carbonyl (C=O) groups is 1. The van der Waals surface area contributed by atoms with Crippen LogP contribution in [0.5, 0.6) is 17.2 Å². The second kappa shape index (κ2) is 7.11. The number of esters is 1. The van der Waals surface area contributed by atoms with Gasteiger partial charge in [-0.2, -0.15) is 0 Å². The summed E-state index contributed by atoms with van der Waals surface area (Å²) in [6.07, 6.45) is 0.411. The molecule has 0 spiro atoms. The van der Waals surface area contributed by atoms with Crippen LogP contribution in [0.3, 0.4) is 0 Å². The van der Waals surface area contributed by atoms with Crippen molar-refractivity contribution in [3.63, 3.8) is 0 Å². The maximum atomic E-state index is 13.1. The zero-order valence-corrected chi connectivity index (χ0v) is 15.9. The minimum atomic E-state index is -1.03. The molecule has 2 aromatic carbocycles. The summed E-state index contributed by atoms with van der Waals surface area (Å²) in [6.45, 7) is 1.85. The summed E-state index contributed by atoms with van der Waals surface area (Å²) in [5, 5.41) is 0.296. The highest BCUT2D eigenvalue weighted by molar-refractivity contribution is 5.85. The Labute approximate surface area is 170 Å². The number of carbonyl (C=O) groups excluding carboxylic acids is 1. The third-order valence-corrected chi connectivity index (χ3v) is 4.73. The number of aryl methyl sites for hydroxylation is 1. The topological polar surface area (TPSA) is 88.1 Å². The molecule has 150 valence electrons. The van der Waals surface area contributed by atoms with Crippen molar-refractivity contribution in [1.82, 2.24) is 0 Å². The summed E-state index contributed by atoms with van der Waals surface area (Å²) in [5.74, 6) is 0.249. The van der Waals surface area contributed by atoms with E-state index >= 15 is 0 Å². The lowest BCUT2D eigenvalue weighted by Gasteiger charge is -2.24. The van der Waals surface area contributed by atoms with E-state index in [0.29, 0.717) is 22.5 Å². The summed E-state index contributed by atoms with van der Waals surface area (Å²) in [6, 6.07) is 15.4. The molecule has 7 nitrogen and oxygen atoms in total. The molecule has 0 unspecified atom stereocenters. The van der Waals surface area contributed by atoms with Crippen molar-refractivity contribution in [3.8, 4) is 28.8 Å². The van der Waals surface area contributed by atoms with Gasteiger partial charge in [0.25, 0.3) is 0 Å². The zero-order chi connectivity index (χ0) is 20.7. The fraction of sp³-hybridized carbons (Fsp3) is 0.130. The Balaban J connectivity index is 1.54. The summed E-state index contributed by atoms with van der Waals surface area (Å²) in [4.78, 5) is 25.9. The lowest BCUT2D eigenvalue weighted by atomic mass is 10.1. The van der Waals surface area contributed by atoms with Crippen molar-refractivity contribution < 1.29 is 27.8 Å². The Morgan fingerprint density at radius 1 is 1.07 bits per heavy atom. The molecule has 2 aromatic heterocycles. The minimum absolute atomic E-state index is 0.0357. The van der Waals surface area contributed by atoms with Crippen LogP contribution in [0.4, 0.5) is 0 Å². The Kier molecular flexibility index (Phi) is 4.28. The molecule has 0 aliphatic carbocycles. The van der Waals surface area contributed by atoms with Gasteiger partial charge in [-0.3, -0.25) is 4.79 Å². The molecule has 0 radical (unpaired) electrons. The van der Waals surface area contributed by atoms with Gasteiger partial charge in [0.15, 0.2) is 17.3 Å². The van der Waals surface area contributed by atoms with Gasteiger partial charge in [0, 0.05) is 0 Å². The van der Waals surface area contributed by atoms with Crippen LogP contribution in [-0.2, 0) is 4.79 Å². The van der Waals surface area contributed by atoms with Gasteiger partial charge >= 0.3 is 5.97 Å². The van der Waals surface area contributed by atoms with Crippen molar-refractivity contribution >= 4 is 16.9 Å². The van der Waals surface area contributed by atoms with Crippen molar-refractivity contribution in [2.75, 3.05) is 6.61 Å². The SMILES string of the molecule is Cc1ccc2c(=O)c(OC(=O)[C@H]3COc4ccccc4O3)c(-c3ccco3)oc2c1. The van der Waals surface area contributed by atoms with Gasteiger partial charge in [-0.25, -0.2) is 4.79 Å². The lowest BCUT2D eigenvalue weighted by Crippen LogP contribution is -2.40. The molecule has 0 N–H and O–H groups in total. The van der Waals surface area contributed by atoms with Gasteiger partial charge in [-0.1, -0.05) is 18.2 Å². The smallest absolute Gasteiger partial charge is 0.356 e. The molecule has 0 bridgehead atoms. The van der Waals surface area contributed by atoms with E-state index in [9.17, 15) is 9.59 Å². The van der Waals surface area contributed by atoms with Gasteiger partial charge in [0.2, 0.25) is 23.0 Å². The molecule has 4 aromatic rings. The molecule has 3 heterocycles. The molecule has 1 aliphatic heterocycles. The molecule has 30 heavy (non-hydrogen) atoms. The number of fused-ring (bicyclic) bond motifs is 2. The first kappa shape index (κ1) is 18.1. The molecular weight excluding hydrogens is 388 g/mol. The van der Waals surface area contributed by atoms with E-state index in [1.165, 1.54) is 6.26 Å². The zero-order valence-electron chi connectivity index (χ0n) is 15.9. The van der Waals surface area contributed by atoms with Gasteiger partial charge in [-0.05, 0) is 48.9 Å². The lowest BCUT2D eigenvalue weighted by molar-refractivity contribution is -0.144. The summed E-state index contributed by atoms with van der Waals surface area (Å²) in [5.41, 5.74) is 0.817. The van der Waals surface area contributed by atoms with E-state index in [2.05, 4.69) is 0 Å². The normalized spacial score (nSPS) is 15.2. The first-order chi connectivity index (χ1) is 14.6. The van der Waals surface area contributed by atoms with E-state index in [-0.39, 0.29) is 23.9 Å². The van der Waals surface area contributed by atoms with Crippen LogP contribution in [0.25, 0.3) is 22.5 Å². The monoisotopic (exact) mass is 404 g/mol. The molecule has 0 saturated heterocycles. The van der Waals surface area contributed by atoms with Crippen LogP contribution in [0.15, 0.2) is 74.5 Å². The average molecular weight is 404 g/mol. The van der Waals surface area contributed by atoms with E-state index in [1.807, 2.05) is 6.92 Å². The third-order valence-electron chi connectivity index (χ3n) is 4.73. The van der Waals surface area contributed by atoms with Crippen molar-refractivity contribution in [2.45, 2.75) is 13.0 Å². The van der Waals surface area contributed by atoms with Gasteiger partial charge in [0.1, 0.15) is 12.2 Å². The second-order valence-electron chi connectivity index (χ2n) is 6.85. The number of para-hydroxylation sites is 2. The Hall–Kier alpha value is -4.00. The Morgan fingerprint density at radius 2 is 1.90 bits per heavy atom. The number of hydrogen-bond donors (Lipinski definition) is 0. The van der Waals surface area contributed by atoms with Crippen molar-refractivity contribution in [1.29, 1.82) is 0 Å². The summed E-state index contributed by atoms with van der Waals surface area (Å²) >= 11 is 0. The van der Waals surface area contributed by atoms with Crippen LogP contribution < -0.4 is 19.6 Å². The predicted octanol–water partition coefficient (Wildman–Crippen LogP) is 4.11. The van der Waals surface area contributed by atoms with Crippen LogP contribution in [-0.4, -0.2) is 18.7 Å². The van der Waals surface area contributed by atoms with Crippen LogP contribution >= 0.6 is 0 Å². The highest BCUT2D eigenvalue weighted by atomic mass is 16.6. The van der Waals surface area contributed by atoms with Crippen LogP contribution in [0, 0.1) is 6.92 Å². The number of furan rings is 1. The number of hydrogen-bond acceptors (Lipinski definition) is 7.